The molecule has 0 aliphatic rings. The summed E-state index contributed by atoms with van der Waals surface area (Å²) < 4.78 is 321. The van der Waals surface area contributed by atoms with Gasteiger partial charge in [0.2, 0.25) is 0 Å². The molecule has 0 aromatic rings. The van der Waals surface area contributed by atoms with Crippen LogP contribution in [0.15, 0.2) is 0 Å². The fraction of sp³-hybridized carbons (Fsp3) is 0.800. The smallest absolute Gasteiger partial charge is 0.549 e. The third kappa shape index (κ3) is 12.2. The molecule has 316 valence electrons. The van der Waals surface area contributed by atoms with E-state index in [1.54, 1.807) is 0 Å². The van der Waals surface area contributed by atoms with Crippen molar-refractivity contribution in [2.45, 2.75) is 84.4 Å². The number of aliphatic carboxylic acids is 2. The molecule has 0 saturated heterocycles. The van der Waals surface area contributed by atoms with E-state index in [4.69, 9.17) is 19.8 Å². The Kier molecular flexibility index (Phi) is 21.9. The van der Waals surface area contributed by atoms with Gasteiger partial charge in [-0.3, -0.25) is 0 Å². The minimum atomic E-state index is -7.83. The van der Waals surface area contributed by atoms with E-state index in [0.29, 0.717) is 0 Å². The van der Waals surface area contributed by atoms with Crippen LogP contribution >= 0.6 is 23.2 Å². The SMILES string of the molecule is O=C([O-])CCl.O=C([O-])CCl.[CH2]CC(F)(F)C(F)(F)C(F)(F)C(F)(F)C(F)(F)C(F)(F)F.[CH2]CC(F)(F)C(F)(F)C(F)(F)C(F)(F)C(F)(F)C(F)(F)F.[Sn+2]. The molecule has 53 heavy (non-hydrogen) atoms. The minimum Gasteiger partial charge on any atom is -0.549 e. The zero-order chi connectivity index (χ0) is 44.0. The van der Waals surface area contributed by atoms with E-state index in [9.17, 15) is 114 Å². The van der Waals surface area contributed by atoms with E-state index in [0.717, 1.165) is 0 Å². The van der Waals surface area contributed by atoms with E-state index < -0.39 is 108 Å². The van der Waals surface area contributed by atoms with Crippen molar-refractivity contribution in [1.29, 1.82) is 0 Å². The van der Waals surface area contributed by atoms with Crippen LogP contribution in [0.5, 0.6) is 0 Å². The topological polar surface area (TPSA) is 80.3 Å². The maximum atomic E-state index is 12.7. The van der Waals surface area contributed by atoms with Crippen LogP contribution in [0.3, 0.4) is 0 Å². The van der Waals surface area contributed by atoms with E-state index in [2.05, 4.69) is 23.2 Å². The van der Waals surface area contributed by atoms with Crippen molar-refractivity contribution in [3.63, 3.8) is 0 Å². The van der Waals surface area contributed by atoms with Gasteiger partial charge in [0.25, 0.3) is 0 Å². The number of hydrogen-bond acceptors (Lipinski definition) is 4. The molecule has 4 radical (unpaired) electrons. The summed E-state index contributed by atoms with van der Waals surface area (Å²) in [5.41, 5.74) is 0. The first-order valence-corrected chi connectivity index (χ1v) is 12.2. The first-order valence-electron chi connectivity index (χ1n) is 11.2. The summed E-state index contributed by atoms with van der Waals surface area (Å²) in [5, 5.41) is 18.2. The monoisotopic (exact) mass is 1000 g/mol. The second-order valence-corrected chi connectivity index (χ2v) is 9.05. The maximum Gasteiger partial charge on any atom is 2.00 e. The Balaban J connectivity index is -0.000000227. The Morgan fingerprint density at radius 2 is 0.509 bits per heavy atom. The van der Waals surface area contributed by atoms with Crippen LogP contribution in [-0.4, -0.2) is 119 Å². The second kappa shape index (κ2) is 19.1. The number of halogens is 28. The van der Waals surface area contributed by atoms with Crippen molar-refractivity contribution in [2.75, 3.05) is 11.8 Å². The van der Waals surface area contributed by atoms with Gasteiger partial charge in [0.1, 0.15) is 0 Å². The fourth-order valence-electron chi connectivity index (χ4n) is 1.92. The van der Waals surface area contributed by atoms with Gasteiger partial charge >= 0.3 is 95.5 Å². The summed E-state index contributed by atoms with van der Waals surface area (Å²) in [6.45, 7) is 4.02. The van der Waals surface area contributed by atoms with Gasteiger partial charge in [0, 0.05) is 12.8 Å². The first-order chi connectivity index (χ1) is 22.2. The average Bonchev–Trinajstić information content (AvgIpc) is 2.95. The van der Waals surface area contributed by atoms with Gasteiger partial charge in [-0.1, -0.05) is 0 Å². The van der Waals surface area contributed by atoms with Gasteiger partial charge in [-0.2, -0.15) is 114 Å². The number of alkyl halides is 28. The third-order valence-electron chi connectivity index (χ3n) is 4.84. The van der Waals surface area contributed by atoms with Crippen LogP contribution < -0.4 is 10.2 Å². The first kappa shape index (κ1) is 60.7. The van der Waals surface area contributed by atoms with Gasteiger partial charge in [-0.05, 0) is 13.8 Å². The number of carbonyl (C=O) groups excluding carboxylic acids is 2. The molecule has 33 heteroatoms. The van der Waals surface area contributed by atoms with Crippen molar-refractivity contribution < 1.29 is 134 Å². The Morgan fingerprint density at radius 1 is 0.377 bits per heavy atom. The number of hydrogen-bond donors (Lipinski definition) is 0. The van der Waals surface area contributed by atoms with Crippen LogP contribution in [0, 0.1) is 13.8 Å². The number of carboxylic acid groups (broad SMARTS) is 2. The van der Waals surface area contributed by atoms with E-state index in [1.807, 2.05) is 13.8 Å². The zero-order valence-corrected chi connectivity index (χ0v) is 28.3. The average molecular weight is 1000 g/mol. The van der Waals surface area contributed by atoms with Gasteiger partial charge < -0.3 is 19.8 Å². The molecular weight excluding hydrogens is 988 g/mol. The van der Waals surface area contributed by atoms with Crippen molar-refractivity contribution in [3.8, 4) is 0 Å². The quantitative estimate of drug-likeness (QED) is 0.116. The molecule has 0 spiro atoms. The summed E-state index contributed by atoms with van der Waals surface area (Å²) >= 11 is 9.35. The summed E-state index contributed by atoms with van der Waals surface area (Å²) in [6, 6.07) is 0. The molecule has 0 rings (SSSR count). The van der Waals surface area contributed by atoms with Gasteiger partial charge in [0.05, 0.1) is 23.7 Å². The van der Waals surface area contributed by atoms with Crippen molar-refractivity contribution in [3.05, 3.63) is 13.8 Å². The molecule has 4 nitrogen and oxygen atoms in total. The summed E-state index contributed by atoms with van der Waals surface area (Å²) in [5.74, 6) is -76.3. The second-order valence-electron chi connectivity index (χ2n) is 8.51. The van der Waals surface area contributed by atoms with Crippen molar-refractivity contribution >= 4 is 59.0 Å². The molecule has 0 heterocycles. The number of rotatable bonds is 12. The molecule has 0 saturated carbocycles. The molecular formula is C20H12Cl2F26O4Sn. The van der Waals surface area contributed by atoms with Gasteiger partial charge in [-0.25, -0.2) is 0 Å². The van der Waals surface area contributed by atoms with E-state index in [1.165, 1.54) is 0 Å². The predicted molar refractivity (Wildman–Crippen MR) is 119 cm³/mol. The maximum absolute atomic E-state index is 12.7. The molecule has 0 aliphatic carbocycles. The minimum absolute atomic E-state index is 0. The molecule has 0 aromatic heterocycles. The van der Waals surface area contributed by atoms with Crippen LogP contribution in [0.1, 0.15) is 12.8 Å². The van der Waals surface area contributed by atoms with Crippen LogP contribution in [-0.2, 0) is 9.59 Å². The molecule has 0 amide bonds. The summed E-state index contributed by atoms with van der Waals surface area (Å²) in [4.78, 5) is 18.2. The van der Waals surface area contributed by atoms with E-state index in [-0.39, 0.29) is 23.9 Å². The Labute approximate surface area is 303 Å². The predicted octanol–water partition coefficient (Wildman–Crippen LogP) is 7.47. The summed E-state index contributed by atoms with van der Waals surface area (Å²) in [6.07, 6.45) is -19.7. The van der Waals surface area contributed by atoms with Gasteiger partial charge in [-0.15, -0.1) is 23.2 Å². The summed E-state index contributed by atoms with van der Waals surface area (Å²) in [7, 11) is 0. The van der Waals surface area contributed by atoms with Crippen molar-refractivity contribution in [2.24, 2.45) is 0 Å². The number of carbonyl (C=O) groups is 2. The molecule has 0 aliphatic heterocycles. The zero-order valence-electron chi connectivity index (χ0n) is 24.0. The molecule has 0 atom stereocenters. The molecule has 0 N–H and O–H groups in total. The van der Waals surface area contributed by atoms with E-state index >= 15 is 0 Å². The molecule has 0 aromatic carbocycles. The van der Waals surface area contributed by atoms with Crippen molar-refractivity contribution in [1.82, 2.24) is 0 Å². The Bertz CT molecular complexity index is 1070. The Morgan fingerprint density at radius 3 is 0.604 bits per heavy atom. The molecule has 0 unspecified atom stereocenters. The normalized spacial score (nSPS) is 14.3. The third-order valence-corrected chi connectivity index (χ3v) is 5.28. The molecule has 0 bridgehead atoms. The fourth-order valence-corrected chi connectivity index (χ4v) is 1.92. The standard InChI is InChI=1S/2C8H4F13.2C2H3ClO2.Sn/c2*1-2-3(9,10)4(11,12)5(13,14)6(15,16)7(17,18)8(19,20)21;2*3-1-2(4)5;/h2*1-2H2;2*1H2,(H,4,5);/q;;;;+2/p-2. The molecule has 0 fully saturated rings. The van der Waals surface area contributed by atoms with Crippen LogP contribution in [0.25, 0.3) is 0 Å². The van der Waals surface area contributed by atoms with Gasteiger partial charge in [0.15, 0.2) is 0 Å². The van der Waals surface area contributed by atoms with Crippen LogP contribution in [0.4, 0.5) is 114 Å². The number of carboxylic acids is 2. The van der Waals surface area contributed by atoms with Crippen LogP contribution in [0.2, 0.25) is 0 Å². The largest absolute Gasteiger partial charge is 2.00 e. The Hall–Kier alpha value is -1.50.